The topological polar surface area (TPSA) is 12.0 Å². The molecule has 0 radical (unpaired) electrons. The summed E-state index contributed by atoms with van der Waals surface area (Å²) in [5, 5.41) is 4.46. The summed E-state index contributed by atoms with van der Waals surface area (Å²) < 4.78 is 1.18. The summed E-state index contributed by atoms with van der Waals surface area (Å²) in [5.74, 6) is 0. The fourth-order valence-corrected chi connectivity index (χ4v) is 3.47. The van der Waals surface area contributed by atoms with Gasteiger partial charge in [0.1, 0.15) is 0 Å². The van der Waals surface area contributed by atoms with E-state index < -0.39 is 0 Å². The largest absolute Gasteiger partial charge is 0.381 e. The lowest BCUT2D eigenvalue weighted by atomic mass is 9.73. The Morgan fingerprint density at radius 1 is 1.35 bits per heavy atom. The molecule has 3 heteroatoms. The minimum atomic E-state index is 0.366. The molecule has 17 heavy (non-hydrogen) atoms. The van der Waals surface area contributed by atoms with Crippen LogP contribution in [-0.2, 0) is 0 Å². The zero-order valence-electron chi connectivity index (χ0n) is 10.4. The molecule has 1 unspecified atom stereocenters. The second-order valence-corrected chi connectivity index (χ2v) is 7.21. The van der Waals surface area contributed by atoms with Crippen molar-refractivity contribution in [1.29, 1.82) is 0 Å². The summed E-state index contributed by atoms with van der Waals surface area (Å²) >= 11 is 8.56. The molecule has 94 valence electrons. The zero-order valence-corrected chi connectivity index (χ0v) is 13.3. The molecule has 0 aromatic heterocycles. The summed E-state index contributed by atoms with van der Waals surface area (Å²) in [7, 11) is 0. The quantitative estimate of drug-likeness (QED) is 0.701. The smallest absolute Gasteiger partial charge is 0.0648 e. The molecular weight excluding hydrogens is 345 g/mol. The molecular formula is C14H19ClIN. The normalized spacial score (nSPS) is 23.4. The zero-order chi connectivity index (χ0) is 12.5. The lowest BCUT2D eigenvalue weighted by molar-refractivity contribution is 0.217. The molecule has 1 atom stereocenters. The third kappa shape index (κ3) is 3.28. The maximum atomic E-state index is 6.27. The van der Waals surface area contributed by atoms with Gasteiger partial charge in [0.2, 0.25) is 0 Å². The maximum Gasteiger partial charge on any atom is 0.0648 e. The fraction of sp³-hybridized carbons (Fsp3) is 0.571. The number of nitrogens with one attached hydrogen (secondary N) is 1. The highest BCUT2D eigenvalue weighted by molar-refractivity contribution is 14.1. The van der Waals surface area contributed by atoms with Crippen LogP contribution in [0.1, 0.15) is 39.5 Å². The maximum absolute atomic E-state index is 6.27. The van der Waals surface area contributed by atoms with Crippen molar-refractivity contribution in [3.63, 3.8) is 0 Å². The van der Waals surface area contributed by atoms with Crippen molar-refractivity contribution in [2.75, 3.05) is 5.32 Å². The Kier molecular flexibility index (Phi) is 4.24. The van der Waals surface area contributed by atoms with E-state index in [0.717, 1.165) is 10.7 Å². The average molecular weight is 364 g/mol. The van der Waals surface area contributed by atoms with Crippen molar-refractivity contribution in [2.24, 2.45) is 5.41 Å². The van der Waals surface area contributed by atoms with Gasteiger partial charge in [0.25, 0.3) is 0 Å². The molecule has 1 aliphatic rings. The van der Waals surface area contributed by atoms with Crippen LogP contribution in [0.25, 0.3) is 0 Å². The van der Waals surface area contributed by atoms with Crippen LogP contribution < -0.4 is 5.32 Å². The molecule has 1 aromatic carbocycles. The Morgan fingerprint density at radius 3 is 2.76 bits per heavy atom. The van der Waals surface area contributed by atoms with Gasteiger partial charge in [0.05, 0.1) is 10.7 Å². The van der Waals surface area contributed by atoms with Crippen molar-refractivity contribution >= 4 is 39.9 Å². The second kappa shape index (κ2) is 5.35. The first-order valence-electron chi connectivity index (χ1n) is 6.21. The van der Waals surface area contributed by atoms with Gasteiger partial charge in [0, 0.05) is 9.61 Å². The molecule has 0 amide bonds. The first kappa shape index (κ1) is 13.5. The molecule has 2 rings (SSSR count). The monoisotopic (exact) mass is 363 g/mol. The van der Waals surface area contributed by atoms with Crippen LogP contribution in [0.15, 0.2) is 18.2 Å². The van der Waals surface area contributed by atoms with Gasteiger partial charge in [-0.2, -0.15) is 0 Å². The molecule has 1 saturated carbocycles. The van der Waals surface area contributed by atoms with E-state index in [1.54, 1.807) is 0 Å². The highest BCUT2D eigenvalue weighted by atomic mass is 127. The van der Waals surface area contributed by atoms with Crippen molar-refractivity contribution in [1.82, 2.24) is 0 Å². The Hall–Kier alpha value is 0.0400. The van der Waals surface area contributed by atoms with Crippen molar-refractivity contribution < 1.29 is 0 Å². The predicted octanol–water partition coefficient (Wildman–Crippen LogP) is 5.33. The predicted molar refractivity (Wildman–Crippen MR) is 83.8 cm³/mol. The van der Waals surface area contributed by atoms with Gasteiger partial charge in [-0.25, -0.2) is 0 Å². The molecule has 1 fully saturated rings. The number of hydrogen-bond donors (Lipinski definition) is 1. The SMILES string of the molecule is CC1(C)CCCCC1Nc1ccc(I)cc1Cl. The Morgan fingerprint density at radius 2 is 2.12 bits per heavy atom. The van der Waals surface area contributed by atoms with E-state index >= 15 is 0 Å². The van der Waals surface area contributed by atoms with E-state index in [1.807, 2.05) is 6.07 Å². The molecule has 0 spiro atoms. The number of halogens is 2. The second-order valence-electron chi connectivity index (χ2n) is 5.56. The van der Waals surface area contributed by atoms with Gasteiger partial charge in [-0.1, -0.05) is 38.3 Å². The van der Waals surface area contributed by atoms with Gasteiger partial charge in [-0.15, -0.1) is 0 Å². The third-order valence-corrected chi connectivity index (χ3v) is 4.75. The molecule has 0 saturated heterocycles. The summed E-state index contributed by atoms with van der Waals surface area (Å²) in [6.45, 7) is 4.70. The van der Waals surface area contributed by atoms with E-state index in [9.17, 15) is 0 Å². The molecule has 1 N–H and O–H groups in total. The third-order valence-electron chi connectivity index (χ3n) is 3.77. The minimum Gasteiger partial charge on any atom is -0.381 e. The van der Waals surface area contributed by atoms with Crippen LogP contribution in [0.5, 0.6) is 0 Å². The van der Waals surface area contributed by atoms with E-state index in [2.05, 4.69) is 53.9 Å². The molecule has 0 bridgehead atoms. The standard InChI is InChI=1S/C14H19ClIN/c1-14(2)8-4-3-5-13(14)17-12-7-6-10(16)9-11(12)15/h6-7,9,13,17H,3-5,8H2,1-2H3. The molecule has 0 aliphatic heterocycles. The average Bonchev–Trinajstić information content (AvgIpc) is 2.24. The highest BCUT2D eigenvalue weighted by Gasteiger charge is 2.32. The first-order valence-corrected chi connectivity index (χ1v) is 7.66. The van der Waals surface area contributed by atoms with Crippen molar-refractivity contribution in [2.45, 2.75) is 45.6 Å². The van der Waals surface area contributed by atoms with Gasteiger partial charge in [-0.05, 0) is 59.0 Å². The van der Waals surface area contributed by atoms with Crippen molar-refractivity contribution in [3.05, 3.63) is 26.8 Å². The molecule has 0 heterocycles. The summed E-state index contributed by atoms with van der Waals surface area (Å²) in [6.07, 6.45) is 5.22. The molecule has 1 nitrogen and oxygen atoms in total. The van der Waals surface area contributed by atoms with Gasteiger partial charge >= 0.3 is 0 Å². The van der Waals surface area contributed by atoms with Gasteiger partial charge in [-0.3, -0.25) is 0 Å². The lowest BCUT2D eigenvalue weighted by Gasteiger charge is -2.39. The summed E-state index contributed by atoms with van der Waals surface area (Å²) in [6, 6.07) is 6.74. The van der Waals surface area contributed by atoms with E-state index in [4.69, 9.17) is 11.6 Å². The van der Waals surface area contributed by atoms with Crippen LogP contribution >= 0.6 is 34.2 Å². The summed E-state index contributed by atoms with van der Waals surface area (Å²) in [4.78, 5) is 0. The first-order chi connectivity index (χ1) is 7.99. The number of hydrogen-bond acceptors (Lipinski definition) is 1. The van der Waals surface area contributed by atoms with Gasteiger partial charge in [0.15, 0.2) is 0 Å². The van der Waals surface area contributed by atoms with E-state index in [-0.39, 0.29) is 0 Å². The lowest BCUT2D eigenvalue weighted by Crippen LogP contribution is -2.38. The van der Waals surface area contributed by atoms with Crippen LogP contribution in [0.4, 0.5) is 5.69 Å². The van der Waals surface area contributed by atoms with Crippen molar-refractivity contribution in [3.8, 4) is 0 Å². The van der Waals surface area contributed by atoms with Crippen LogP contribution in [0.2, 0.25) is 5.02 Å². The van der Waals surface area contributed by atoms with Crippen LogP contribution in [-0.4, -0.2) is 6.04 Å². The Balaban J connectivity index is 2.14. The number of anilines is 1. The van der Waals surface area contributed by atoms with E-state index in [0.29, 0.717) is 11.5 Å². The highest BCUT2D eigenvalue weighted by Crippen LogP contribution is 2.38. The Bertz CT molecular complexity index is 403. The molecule has 1 aliphatic carbocycles. The summed E-state index contributed by atoms with van der Waals surface area (Å²) in [5.41, 5.74) is 1.44. The van der Waals surface area contributed by atoms with Gasteiger partial charge < -0.3 is 5.32 Å². The van der Waals surface area contributed by atoms with E-state index in [1.165, 1.54) is 29.3 Å². The van der Waals surface area contributed by atoms with Crippen LogP contribution in [0, 0.1) is 8.99 Å². The number of benzene rings is 1. The van der Waals surface area contributed by atoms with Crippen LogP contribution in [0.3, 0.4) is 0 Å². The Labute approximate surface area is 122 Å². The minimum absolute atomic E-state index is 0.366. The number of rotatable bonds is 2. The fourth-order valence-electron chi connectivity index (χ4n) is 2.56. The molecule has 1 aromatic rings.